The van der Waals surface area contributed by atoms with Crippen molar-refractivity contribution in [3.05, 3.63) is 66.3 Å². The number of allylic oxidation sites excluding steroid dienone is 5. The maximum atomic E-state index is 13.6. The SMILES string of the molecule is F/C(=C\C1C=CC=C1)c1ccccc1. The van der Waals surface area contributed by atoms with E-state index >= 15 is 0 Å². The molecule has 1 aromatic rings. The molecule has 1 aromatic carbocycles. The van der Waals surface area contributed by atoms with Crippen LogP contribution in [0.3, 0.4) is 0 Å². The fourth-order valence-electron chi connectivity index (χ4n) is 1.42. The van der Waals surface area contributed by atoms with Crippen LogP contribution in [-0.4, -0.2) is 0 Å². The van der Waals surface area contributed by atoms with Crippen LogP contribution in [0.25, 0.3) is 5.83 Å². The Bertz CT molecular complexity index is 373. The molecule has 0 heterocycles. The molecule has 0 unspecified atom stereocenters. The van der Waals surface area contributed by atoms with E-state index in [-0.39, 0.29) is 11.7 Å². The van der Waals surface area contributed by atoms with Gasteiger partial charge in [0.25, 0.3) is 0 Å². The molecule has 0 fully saturated rings. The molecule has 70 valence electrons. The largest absolute Gasteiger partial charge is 0.207 e. The van der Waals surface area contributed by atoms with Gasteiger partial charge in [0.15, 0.2) is 0 Å². The molecule has 0 spiro atoms. The summed E-state index contributed by atoms with van der Waals surface area (Å²) in [6.07, 6.45) is 9.40. The minimum atomic E-state index is -0.160. The highest BCUT2D eigenvalue weighted by Gasteiger charge is 2.04. The van der Waals surface area contributed by atoms with Crippen molar-refractivity contribution in [3.8, 4) is 0 Å². The highest BCUT2D eigenvalue weighted by molar-refractivity contribution is 5.59. The van der Waals surface area contributed by atoms with Crippen LogP contribution in [0.2, 0.25) is 0 Å². The first-order valence-electron chi connectivity index (χ1n) is 4.64. The molecular formula is C13H11F. The molecule has 0 radical (unpaired) electrons. The Morgan fingerprint density at radius 2 is 1.71 bits per heavy atom. The number of hydrogen-bond donors (Lipinski definition) is 0. The summed E-state index contributed by atoms with van der Waals surface area (Å²) in [6, 6.07) is 9.10. The summed E-state index contributed by atoms with van der Waals surface area (Å²) in [6.45, 7) is 0. The second-order valence-corrected chi connectivity index (χ2v) is 3.23. The zero-order valence-electron chi connectivity index (χ0n) is 7.73. The van der Waals surface area contributed by atoms with Gasteiger partial charge in [0.2, 0.25) is 0 Å². The van der Waals surface area contributed by atoms with Crippen molar-refractivity contribution >= 4 is 5.83 Å². The fraction of sp³-hybridized carbons (Fsp3) is 0.0769. The third-order valence-corrected chi connectivity index (χ3v) is 2.17. The normalized spacial score (nSPS) is 16.5. The molecule has 0 saturated heterocycles. The van der Waals surface area contributed by atoms with Crippen LogP contribution in [0.15, 0.2) is 60.7 Å². The topological polar surface area (TPSA) is 0 Å². The zero-order chi connectivity index (χ0) is 9.80. The smallest absolute Gasteiger partial charge is 0.127 e. The van der Waals surface area contributed by atoms with Gasteiger partial charge in [0, 0.05) is 11.5 Å². The molecule has 1 aliphatic carbocycles. The highest BCUT2D eigenvalue weighted by Crippen LogP contribution is 2.20. The van der Waals surface area contributed by atoms with Crippen molar-refractivity contribution in [1.29, 1.82) is 0 Å². The Balaban J connectivity index is 2.19. The van der Waals surface area contributed by atoms with Crippen molar-refractivity contribution in [1.82, 2.24) is 0 Å². The van der Waals surface area contributed by atoms with Crippen molar-refractivity contribution in [2.75, 3.05) is 0 Å². The molecule has 1 heteroatoms. The Morgan fingerprint density at radius 3 is 2.36 bits per heavy atom. The lowest BCUT2D eigenvalue weighted by Gasteiger charge is -1.99. The van der Waals surface area contributed by atoms with E-state index in [1.807, 2.05) is 42.5 Å². The summed E-state index contributed by atoms with van der Waals surface area (Å²) in [7, 11) is 0. The van der Waals surface area contributed by atoms with Crippen LogP contribution in [0.1, 0.15) is 5.56 Å². The minimum absolute atomic E-state index is 0.107. The molecule has 0 atom stereocenters. The van der Waals surface area contributed by atoms with Gasteiger partial charge in [0.05, 0.1) is 0 Å². The van der Waals surface area contributed by atoms with E-state index in [1.54, 1.807) is 18.2 Å². The lowest BCUT2D eigenvalue weighted by Crippen LogP contribution is -1.84. The second-order valence-electron chi connectivity index (χ2n) is 3.23. The Hall–Kier alpha value is -1.63. The monoisotopic (exact) mass is 186 g/mol. The van der Waals surface area contributed by atoms with Crippen molar-refractivity contribution in [2.24, 2.45) is 5.92 Å². The fourth-order valence-corrected chi connectivity index (χ4v) is 1.42. The van der Waals surface area contributed by atoms with E-state index in [2.05, 4.69) is 0 Å². The average Bonchev–Trinajstić information content (AvgIpc) is 2.72. The van der Waals surface area contributed by atoms with Crippen molar-refractivity contribution in [3.63, 3.8) is 0 Å². The van der Waals surface area contributed by atoms with Crippen LogP contribution >= 0.6 is 0 Å². The van der Waals surface area contributed by atoms with Gasteiger partial charge in [0.1, 0.15) is 5.83 Å². The van der Waals surface area contributed by atoms with E-state index in [0.717, 1.165) is 0 Å². The van der Waals surface area contributed by atoms with E-state index < -0.39 is 0 Å². The van der Waals surface area contributed by atoms with Gasteiger partial charge in [-0.1, -0.05) is 54.6 Å². The molecule has 0 amide bonds. The van der Waals surface area contributed by atoms with Gasteiger partial charge < -0.3 is 0 Å². The first-order chi connectivity index (χ1) is 6.86. The summed E-state index contributed by atoms with van der Waals surface area (Å²) in [5, 5.41) is 0. The quantitative estimate of drug-likeness (QED) is 0.660. The van der Waals surface area contributed by atoms with Crippen LogP contribution in [0.5, 0.6) is 0 Å². The van der Waals surface area contributed by atoms with Gasteiger partial charge in [-0.15, -0.1) is 0 Å². The van der Waals surface area contributed by atoms with E-state index in [9.17, 15) is 4.39 Å². The maximum Gasteiger partial charge on any atom is 0.127 e. The molecule has 0 bridgehead atoms. The first-order valence-corrected chi connectivity index (χ1v) is 4.64. The highest BCUT2D eigenvalue weighted by atomic mass is 19.1. The van der Waals surface area contributed by atoms with Gasteiger partial charge in [-0.2, -0.15) is 0 Å². The van der Waals surface area contributed by atoms with E-state index in [0.29, 0.717) is 5.56 Å². The Morgan fingerprint density at radius 1 is 1.07 bits per heavy atom. The van der Waals surface area contributed by atoms with Crippen molar-refractivity contribution < 1.29 is 4.39 Å². The van der Waals surface area contributed by atoms with Gasteiger partial charge in [-0.25, -0.2) is 4.39 Å². The average molecular weight is 186 g/mol. The van der Waals surface area contributed by atoms with Crippen LogP contribution in [0.4, 0.5) is 4.39 Å². The Kier molecular flexibility index (Phi) is 2.59. The van der Waals surface area contributed by atoms with Crippen molar-refractivity contribution in [2.45, 2.75) is 0 Å². The molecule has 2 rings (SSSR count). The van der Waals surface area contributed by atoms with Crippen LogP contribution in [0, 0.1) is 5.92 Å². The molecule has 0 nitrogen and oxygen atoms in total. The van der Waals surface area contributed by atoms with Gasteiger partial charge in [-0.05, 0) is 6.08 Å². The minimum Gasteiger partial charge on any atom is -0.207 e. The van der Waals surface area contributed by atoms with Gasteiger partial charge in [-0.3, -0.25) is 0 Å². The number of hydrogen-bond acceptors (Lipinski definition) is 0. The lowest BCUT2D eigenvalue weighted by molar-refractivity contribution is 0.751. The number of benzene rings is 1. The summed E-state index contributed by atoms with van der Waals surface area (Å²) < 4.78 is 13.6. The molecule has 0 aliphatic heterocycles. The summed E-state index contributed by atoms with van der Waals surface area (Å²) >= 11 is 0. The predicted molar refractivity (Wildman–Crippen MR) is 57.3 cm³/mol. The maximum absolute atomic E-state index is 13.6. The first kappa shape index (κ1) is 8.95. The molecule has 0 aromatic heterocycles. The molecule has 1 aliphatic rings. The van der Waals surface area contributed by atoms with E-state index in [1.165, 1.54) is 0 Å². The predicted octanol–water partition coefficient (Wildman–Crippen LogP) is 3.74. The van der Waals surface area contributed by atoms with Gasteiger partial charge >= 0.3 is 0 Å². The lowest BCUT2D eigenvalue weighted by atomic mass is 10.1. The summed E-state index contributed by atoms with van der Waals surface area (Å²) in [4.78, 5) is 0. The molecular weight excluding hydrogens is 175 g/mol. The zero-order valence-corrected chi connectivity index (χ0v) is 7.73. The Labute approximate surface area is 83.1 Å². The summed E-state index contributed by atoms with van der Waals surface area (Å²) in [5.74, 6) is -0.0537. The number of halogens is 1. The van der Waals surface area contributed by atoms with Crippen LogP contribution < -0.4 is 0 Å². The van der Waals surface area contributed by atoms with Crippen LogP contribution in [-0.2, 0) is 0 Å². The molecule has 0 saturated carbocycles. The summed E-state index contributed by atoms with van der Waals surface area (Å²) in [5.41, 5.74) is 0.640. The molecule has 0 N–H and O–H groups in total. The number of rotatable bonds is 2. The van der Waals surface area contributed by atoms with E-state index in [4.69, 9.17) is 0 Å². The third-order valence-electron chi connectivity index (χ3n) is 2.17. The second kappa shape index (κ2) is 4.05. The molecule has 14 heavy (non-hydrogen) atoms. The standard InChI is InChI=1S/C13H11F/c14-13(10-11-6-4-5-7-11)12-8-2-1-3-9-12/h1-11H/b13-10-. The third kappa shape index (κ3) is 1.99.